The number of hydrogen-bond acceptors (Lipinski definition) is 5. The van der Waals surface area contributed by atoms with Gasteiger partial charge >= 0.3 is 11.9 Å². The molecule has 0 spiro atoms. The van der Waals surface area contributed by atoms with E-state index in [0.29, 0.717) is 24.5 Å². The van der Waals surface area contributed by atoms with Gasteiger partial charge in [0.15, 0.2) is 0 Å². The van der Waals surface area contributed by atoms with E-state index in [2.05, 4.69) is 13.5 Å². The minimum Gasteiger partial charge on any atom is -0.494 e. The van der Waals surface area contributed by atoms with Crippen molar-refractivity contribution in [1.29, 1.82) is 0 Å². The molecule has 0 unspecified atom stereocenters. The summed E-state index contributed by atoms with van der Waals surface area (Å²) in [6.07, 6.45) is 9.41. The summed E-state index contributed by atoms with van der Waals surface area (Å²) < 4.78 is 16.5. The van der Waals surface area contributed by atoms with Gasteiger partial charge in [0.1, 0.15) is 11.5 Å². The van der Waals surface area contributed by atoms with Crippen LogP contribution in [-0.2, 0) is 16.0 Å². The molecule has 5 heteroatoms. The van der Waals surface area contributed by atoms with Crippen molar-refractivity contribution in [3.63, 3.8) is 0 Å². The first kappa shape index (κ1) is 28.7. The minimum absolute atomic E-state index is 0.349. The van der Waals surface area contributed by atoms with Gasteiger partial charge in [0, 0.05) is 6.08 Å². The van der Waals surface area contributed by atoms with Crippen LogP contribution in [0.4, 0.5) is 0 Å². The Morgan fingerprint density at radius 2 is 1.37 bits per heavy atom. The molecule has 38 heavy (non-hydrogen) atoms. The van der Waals surface area contributed by atoms with Crippen LogP contribution >= 0.6 is 0 Å². The first-order chi connectivity index (χ1) is 18.6. The molecule has 0 saturated heterocycles. The lowest BCUT2D eigenvalue weighted by atomic mass is 10.0. The van der Waals surface area contributed by atoms with E-state index >= 15 is 0 Å². The summed E-state index contributed by atoms with van der Waals surface area (Å²) >= 11 is 0. The zero-order valence-electron chi connectivity index (χ0n) is 22.3. The average Bonchev–Trinajstić information content (AvgIpc) is 2.95. The number of carbonyl (C=O) groups is 2. The second-order valence-electron chi connectivity index (χ2n) is 9.19. The topological polar surface area (TPSA) is 61.8 Å². The Bertz CT molecular complexity index is 1150. The van der Waals surface area contributed by atoms with E-state index in [1.807, 2.05) is 60.7 Å². The summed E-state index contributed by atoms with van der Waals surface area (Å²) in [5.74, 6) is 0.777. The van der Waals surface area contributed by atoms with Crippen LogP contribution in [0.3, 0.4) is 0 Å². The maximum Gasteiger partial charge on any atom is 0.343 e. The molecule has 0 amide bonds. The molecule has 0 aliphatic rings. The van der Waals surface area contributed by atoms with Gasteiger partial charge < -0.3 is 14.2 Å². The number of rotatable bonds is 16. The molecule has 0 N–H and O–H groups in total. The van der Waals surface area contributed by atoms with Gasteiger partial charge in [-0.3, -0.25) is 0 Å². The summed E-state index contributed by atoms with van der Waals surface area (Å²) in [6.45, 7) is 6.65. The SMILES string of the molecule is C=CC(=O)OCCCCCCCCOc1ccc(-c2ccc(C(=O)Oc3ccccc3CCC)cc2)cc1. The molecular formula is C33H38O5. The fourth-order valence-electron chi connectivity index (χ4n) is 4.11. The third-order valence-electron chi connectivity index (χ3n) is 6.22. The van der Waals surface area contributed by atoms with Crippen LogP contribution < -0.4 is 9.47 Å². The van der Waals surface area contributed by atoms with Crippen molar-refractivity contribution in [2.45, 2.75) is 58.3 Å². The molecule has 3 aromatic carbocycles. The van der Waals surface area contributed by atoms with Crippen LogP contribution in [0, 0.1) is 0 Å². The van der Waals surface area contributed by atoms with Gasteiger partial charge in [0.05, 0.1) is 18.8 Å². The molecule has 0 saturated carbocycles. The van der Waals surface area contributed by atoms with Gasteiger partial charge in [0.2, 0.25) is 0 Å². The number of para-hydroxylation sites is 1. The maximum absolute atomic E-state index is 12.7. The molecule has 0 aliphatic carbocycles. The number of carbonyl (C=O) groups excluding carboxylic acids is 2. The Hall–Kier alpha value is -3.86. The summed E-state index contributed by atoms with van der Waals surface area (Å²) in [4.78, 5) is 23.6. The van der Waals surface area contributed by atoms with Crippen molar-refractivity contribution in [2.24, 2.45) is 0 Å². The number of aryl methyl sites for hydroxylation is 1. The van der Waals surface area contributed by atoms with E-state index in [4.69, 9.17) is 14.2 Å². The number of esters is 2. The number of hydrogen-bond donors (Lipinski definition) is 0. The third kappa shape index (κ3) is 9.55. The standard InChI is InChI=1S/C33H38O5/c1-3-13-28-14-9-10-15-31(28)38-33(35)29-18-16-26(17-19-29)27-20-22-30(23-21-27)36-24-11-7-5-6-8-12-25-37-32(34)4-2/h4,9-10,14-23H,2-3,5-8,11-13,24-25H2,1H3. The Morgan fingerprint density at radius 1 is 0.763 bits per heavy atom. The third-order valence-corrected chi connectivity index (χ3v) is 6.22. The highest BCUT2D eigenvalue weighted by Gasteiger charge is 2.11. The van der Waals surface area contributed by atoms with Crippen molar-refractivity contribution < 1.29 is 23.8 Å². The highest BCUT2D eigenvalue weighted by Crippen LogP contribution is 2.25. The molecule has 0 atom stereocenters. The van der Waals surface area contributed by atoms with Crippen LogP contribution in [0.2, 0.25) is 0 Å². The lowest BCUT2D eigenvalue weighted by Gasteiger charge is -2.10. The van der Waals surface area contributed by atoms with E-state index in [1.165, 1.54) is 6.08 Å². The second kappa shape index (κ2) is 16.1. The van der Waals surface area contributed by atoms with E-state index in [0.717, 1.165) is 73.8 Å². The lowest BCUT2D eigenvalue weighted by molar-refractivity contribution is -0.137. The van der Waals surface area contributed by atoms with Gasteiger partial charge in [-0.1, -0.05) is 88.1 Å². The van der Waals surface area contributed by atoms with Crippen molar-refractivity contribution in [3.05, 3.63) is 96.6 Å². The quantitative estimate of drug-likeness (QED) is 0.0839. The van der Waals surface area contributed by atoms with Crippen LogP contribution in [0.5, 0.6) is 11.5 Å². The molecule has 0 heterocycles. The van der Waals surface area contributed by atoms with E-state index < -0.39 is 0 Å². The Labute approximate surface area is 226 Å². The van der Waals surface area contributed by atoms with Gasteiger partial charge in [-0.25, -0.2) is 9.59 Å². The molecule has 0 fully saturated rings. The smallest absolute Gasteiger partial charge is 0.343 e. The highest BCUT2D eigenvalue weighted by atomic mass is 16.5. The van der Waals surface area contributed by atoms with Crippen molar-refractivity contribution >= 4 is 11.9 Å². The number of benzene rings is 3. The highest BCUT2D eigenvalue weighted by molar-refractivity contribution is 5.91. The molecule has 5 nitrogen and oxygen atoms in total. The molecule has 200 valence electrons. The largest absolute Gasteiger partial charge is 0.494 e. The molecule has 3 rings (SSSR count). The zero-order chi connectivity index (χ0) is 27.0. The Balaban J connectivity index is 1.38. The van der Waals surface area contributed by atoms with Crippen LogP contribution in [0.25, 0.3) is 11.1 Å². The summed E-state index contributed by atoms with van der Waals surface area (Å²) in [7, 11) is 0. The van der Waals surface area contributed by atoms with Gasteiger partial charge in [0.25, 0.3) is 0 Å². The van der Waals surface area contributed by atoms with E-state index in [1.54, 1.807) is 12.1 Å². The van der Waals surface area contributed by atoms with Gasteiger partial charge in [-0.15, -0.1) is 0 Å². The lowest BCUT2D eigenvalue weighted by Crippen LogP contribution is -2.09. The Kier molecular flexibility index (Phi) is 12.1. The van der Waals surface area contributed by atoms with Crippen molar-refractivity contribution in [3.8, 4) is 22.6 Å². The van der Waals surface area contributed by atoms with Crippen molar-refractivity contribution in [1.82, 2.24) is 0 Å². The molecule has 3 aromatic rings. The van der Waals surface area contributed by atoms with Crippen LogP contribution in [-0.4, -0.2) is 25.2 Å². The van der Waals surface area contributed by atoms with E-state index in [9.17, 15) is 9.59 Å². The first-order valence-electron chi connectivity index (χ1n) is 13.5. The fraction of sp³-hybridized carbons (Fsp3) is 0.333. The summed E-state index contributed by atoms with van der Waals surface area (Å²) in [5.41, 5.74) is 3.65. The van der Waals surface area contributed by atoms with Gasteiger partial charge in [-0.2, -0.15) is 0 Å². The minimum atomic E-state index is -0.352. The number of unbranched alkanes of at least 4 members (excludes halogenated alkanes) is 5. The second-order valence-corrected chi connectivity index (χ2v) is 9.19. The summed E-state index contributed by atoms with van der Waals surface area (Å²) in [6, 6.07) is 23.2. The zero-order valence-corrected chi connectivity index (χ0v) is 22.3. The van der Waals surface area contributed by atoms with Gasteiger partial charge in [-0.05, 0) is 66.3 Å². The van der Waals surface area contributed by atoms with E-state index in [-0.39, 0.29) is 11.9 Å². The predicted octanol–water partition coefficient (Wildman–Crippen LogP) is 7.97. The normalized spacial score (nSPS) is 10.6. The molecule has 0 bridgehead atoms. The molecular weight excluding hydrogens is 476 g/mol. The molecule has 0 radical (unpaired) electrons. The summed E-state index contributed by atoms with van der Waals surface area (Å²) in [5, 5.41) is 0. The van der Waals surface area contributed by atoms with Crippen LogP contribution in [0.15, 0.2) is 85.5 Å². The number of ether oxygens (including phenoxy) is 3. The molecule has 0 aliphatic heterocycles. The predicted molar refractivity (Wildman–Crippen MR) is 152 cm³/mol. The van der Waals surface area contributed by atoms with Crippen LogP contribution in [0.1, 0.15) is 67.8 Å². The fourth-order valence-corrected chi connectivity index (χ4v) is 4.11. The monoisotopic (exact) mass is 514 g/mol. The molecule has 0 aromatic heterocycles. The van der Waals surface area contributed by atoms with Crippen molar-refractivity contribution in [2.75, 3.05) is 13.2 Å². The maximum atomic E-state index is 12.7. The average molecular weight is 515 g/mol. The first-order valence-corrected chi connectivity index (χ1v) is 13.5. The Morgan fingerprint density at radius 3 is 2.03 bits per heavy atom.